The van der Waals surface area contributed by atoms with E-state index in [-0.39, 0.29) is 24.5 Å². The highest BCUT2D eigenvalue weighted by Crippen LogP contribution is 2.33. The van der Waals surface area contributed by atoms with Crippen molar-refractivity contribution in [3.8, 4) is 0 Å². The Hall–Kier alpha value is -4.47. The van der Waals surface area contributed by atoms with Gasteiger partial charge >= 0.3 is 5.97 Å². The largest absolute Gasteiger partial charge is 0.467 e. The maximum absolute atomic E-state index is 13.0. The zero-order valence-corrected chi connectivity index (χ0v) is 18.0. The van der Waals surface area contributed by atoms with Crippen molar-refractivity contribution in [2.24, 2.45) is 10.2 Å². The van der Waals surface area contributed by atoms with E-state index in [0.29, 0.717) is 29.3 Å². The standard InChI is InChI=1S/C24H20N4O6/c29-22-11-10-17(25-27(22)16-6-2-1-3-7-16)24(31)34-15-23(30)28-19(21-9-5-13-33-21)14-18(26-28)20-8-4-12-32-20/h1-9,12-13,19H,10-11,14-15H2. The van der Waals surface area contributed by atoms with Crippen LogP contribution in [-0.4, -0.2) is 40.8 Å². The van der Waals surface area contributed by atoms with Crippen molar-refractivity contribution in [3.63, 3.8) is 0 Å². The molecule has 2 aliphatic heterocycles. The van der Waals surface area contributed by atoms with Gasteiger partial charge in [-0.25, -0.2) is 14.8 Å². The third kappa shape index (κ3) is 4.25. The molecule has 2 aliphatic rings. The molecule has 0 saturated heterocycles. The third-order valence-electron chi connectivity index (χ3n) is 5.44. The number of ether oxygens (including phenoxy) is 1. The van der Waals surface area contributed by atoms with Gasteiger partial charge in [-0.05, 0) is 36.4 Å². The Labute approximate surface area is 194 Å². The first-order valence-electron chi connectivity index (χ1n) is 10.7. The van der Waals surface area contributed by atoms with Crippen molar-refractivity contribution in [1.29, 1.82) is 0 Å². The van der Waals surface area contributed by atoms with Crippen molar-refractivity contribution in [2.75, 3.05) is 11.6 Å². The molecular weight excluding hydrogens is 440 g/mol. The number of amides is 2. The quantitative estimate of drug-likeness (QED) is 0.521. The van der Waals surface area contributed by atoms with Crippen LogP contribution in [0.4, 0.5) is 5.69 Å². The Kier molecular flexibility index (Phi) is 5.77. The monoisotopic (exact) mass is 460 g/mol. The van der Waals surface area contributed by atoms with Crippen LogP contribution in [0.15, 0.2) is 86.2 Å². The predicted octanol–water partition coefficient (Wildman–Crippen LogP) is 3.28. The Morgan fingerprint density at radius 3 is 2.50 bits per heavy atom. The van der Waals surface area contributed by atoms with Gasteiger partial charge in [-0.1, -0.05) is 18.2 Å². The molecule has 4 heterocycles. The van der Waals surface area contributed by atoms with Crippen LogP contribution < -0.4 is 5.01 Å². The van der Waals surface area contributed by atoms with Gasteiger partial charge in [0.15, 0.2) is 6.61 Å². The van der Waals surface area contributed by atoms with Crippen molar-refractivity contribution < 1.29 is 28.0 Å². The van der Waals surface area contributed by atoms with Crippen molar-refractivity contribution in [2.45, 2.75) is 25.3 Å². The van der Waals surface area contributed by atoms with Gasteiger partial charge in [0.2, 0.25) is 5.91 Å². The third-order valence-corrected chi connectivity index (χ3v) is 5.44. The van der Waals surface area contributed by atoms with Gasteiger partial charge in [0, 0.05) is 19.3 Å². The molecule has 0 fully saturated rings. The van der Waals surface area contributed by atoms with Crippen LogP contribution in [0.2, 0.25) is 0 Å². The number of para-hydroxylation sites is 1. The molecule has 0 spiro atoms. The van der Waals surface area contributed by atoms with Crippen LogP contribution in [0.1, 0.15) is 36.8 Å². The minimum atomic E-state index is -0.759. The lowest BCUT2D eigenvalue weighted by molar-refractivity contribution is -0.148. The average molecular weight is 460 g/mol. The van der Waals surface area contributed by atoms with Gasteiger partial charge in [-0.15, -0.1) is 0 Å². The number of hydrogen-bond acceptors (Lipinski definition) is 8. The van der Waals surface area contributed by atoms with Gasteiger partial charge in [-0.3, -0.25) is 9.59 Å². The highest BCUT2D eigenvalue weighted by Gasteiger charge is 2.36. The summed E-state index contributed by atoms with van der Waals surface area (Å²) in [5.74, 6) is -0.406. The first-order valence-corrected chi connectivity index (χ1v) is 10.7. The van der Waals surface area contributed by atoms with E-state index in [1.165, 1.54) is 22.5 Å². The molecule has 0 aliphatic carbocycles. The summed E-state index contributed by atoms with van der Waals surface area (Å²) in [4.78, 5) is 37.8. The Bertz CT molecular complexity index is 1250. The molecule has 0 N–H and O–H groups in total. The molecular formula is C24H20N4O6. The van der Waals surface area contributed by atoms with E-state index in [0.717, 1.165) is 0 Å². The molecule has 10 nitrogen and oxygen atoms in total. The Morgan fingerprint density at radius 2 is 1.76 bits per heavy atom. The lowest BCUT2D eigenvalue weighted by Gasteiger charge is -2.23. The molecule has 0 bridgehead atoms. The highest BCUT2D eigenvalue weighted by molar-refractivity contribution is 6.38. The van der Waals surface area contributed by atoms with Gasteiger partial charge in [-0.2, -0.15) is 10.2 Å². The number of hydrazone groups is 2. The molecule has 2 aromatic heterocycles. The molecule has 34 heavy (non-hydrogen) atoms. The fourth-order valence-corrected chi connectivity index (χ4v) is 3.78. The summed E-state index contributed by atoms with van der Waals surface area (Å²) in [6.07, 6.45) is 3.68. The number of hydrogen-bond donors (Lipinski definition) is 0. The molecule has 1 atom stereocenters. The zero-order chi connectivity index (χ0) is 23.5. The van der Waals surface area contributed by atoms with E-state index < -0.39 is 24.5 Å². The maximum Gasteiger partial charge on any atom is 0.355 e. The Morgan fingerprint density at radius 1 is 0.971 bits per heavy atom. The van der Waals surface area contributed by atoms with Crippen LogP contribution in [0, 0.1) is 0 Å². The van der Waals surface area contributed by atoms with Crippen LogP contribution in [0.25, 0.3) is 0 Å². The summed E-state index contributed by atoms with van der Waals surface area (Å²) in [5, 5.41) is 11.0. The fourth-order valence-electron chi connectivity index (χ4n) is 3.78. The number of furan rings is 2. The van der Waals surface area contributed by atoms with E-state index in [9.17, 15) is 14.4 Å². The maximum atomic E-state index is 13.0. The first-order chi connectivity index (χ1) is 16.6. The van der Waals surface area contributed by atoms with E-state index in [1.807, 2.05) is 6.07 Å². The van der Waals surface area contributed by atoms with Crippen LogP contribution in [-0.2, 0) is 19.1 Å². The van der Waals surface area contributed by atoms with Crippen LogP contribution in [0.5, 0.6) is 0 Å². The number of rotatable bonds is 6. The van der Waals surface area contributed by atoms with Crippen molar-refractivity contribution in [1.82, 2.24) is 5.01 Å². The average Bonchev–Trinajstić information content (AvgIpc) is 3.64. The summed E-state index contributed by atoms with van der Waals surface area (Å²) in [7, 11) is 0. The topological polar surface area (TPSA) is 118 Å². The zero-order valence-electron chi connectivity index (χ0n) is 18.0. The summed E-state index contributed by atoms with van der Waals surface area (Å²) >= 11 is 0. The molecule has 5 rings (SSSR count). The highest BCUT2D eigenvalue weighted by atomic mass is 16.5. The summed E-state index contributed by atoms with van der Waals surface area (Å²) in [6, 6.07) is 15.3. The molecule has 1 aromatic carbocycles. The predicted molar refractivity (Wildman–Crippen MR) is 120 cm³/mol. The van der Waals surface area contributed by atoms with Crippen molar-refractivity contribution >= 4 is 34.9 Å². The van der Waals surface area contributed by atoms with Gasteiger partial charge in [0.05, 0.1) is 18.2 Å². The van der Waals surface area contributed by atoms with Gasteiger partial charge < -0.3 is 13.6 Å². The lowest BCUT2D eigenvalue weighted by Crippen LogP contribution is -2.36. The number of esters is 1. The van der Waals surface area contributed by atoms with Crippen LogP contribution in [0.3, 0.4) is 0 Å². The second-order valence-electron chi connectivity index (χ2n) is 7.66. The van der Waals surface area contributed by atoms with Crippen molar-refractivity contribution in [3.05, 3.63) is 78.6 Å². The molecule has 10 heteroatoms. The van der Waals surface area contributed by atoms with E-state index >= 15 is 0 Å². The Balaban J connectivity index is 1.29. The molecule has 0 saturated carbocycles. The second kappa shape index (κ2) is 9.18. The summed E-state index contributed by atoms with van der Waals surface area (Å²) in [6.45, 7) is -0.538. The summed E-state index contributed by atoms with van der Waals surface area (Å²) < 4.78 is 16.1. The van der Waals surface area contributed by atoms with E-state index in [1.54, 1.807) is 48.5 Å². The van der Waals surface area contributed by atoms with E-state index in [4.69, 9.17) is 13.6 Å². The lowest BCUT2D eigenvalue weighted by atomic mass is 10.1. The SMILES string of the molecule is O=C(OCC(=O)N1N=C(c2ccco2)CC1c1ccco1)C1=NN(c2ccccc2)C(=O)CC1. The number of anilines is 1. The minimum Gasteiger partial charge on any atom is -0.467 e. The molecule has 172 valence electrons. The minimum absolute atomic E-state index is 0.0695. The number of carbonyl (C=O) groups is 3. The summed E-state index contributed by atoms with van der Waals surface area (Å²) in [5.41, 5.74) is 1.20. The fraction of sp³-hybridized carbons (Fsp3) is 0.208. The smallest absolute Gasteiger partial charge is 0.355 e. The van der Waals surface area contributed by atoms with E-state index in [2.05, 4.69) is 10.2 Å². The molecule has 3 aromatic rings. The molecule has 0 radical (unpaired) electrons. The number of nitrogens with zero attached hydrogens (tertiary/aromatic N) is 4. The normalized spacial score (nSPS) is 18.0. The first kappa shape index (κ1) is 21.4. The number of carbonyl (C=O) groups excluding carboxylic acids is 3. The van der Waals surface area contributed by atoms with Gasteiger partial charge in [0.1, 0.15) is 29.0 Å². The number of benzene rings is 1. The van der Waals surface area contributed by atoms with Gasteiger partial charge in [0.25, 0.3) is 5.91 Å². The molecule has 1 unspecified atom stereocenters. The second-order valence-corrected chi connectivity index (χ2v) is 7.66. The van der Waals surface area contributed by atoms with Crippen LogP contribution >= 0.6 is 0 Å². The molecule has 2 amide bonds.